The monoisotopic (exact) mass is 311 g/mol. The number of hydrogen-bond donors (Lipinski definition) is 0. The Labute approximate surface area is 122 Å². The van der Waals surface area contributed by atoms with Crippen molar-refractivity contribution in [3.05, 3.63) is 29.3 Å². The van der Waals surface area contributed by atoms with Gasteiger partial charge in [-0.2, -0.15) is 4.31 Å². The smallest absolute Gasteiger partial charge is 0.211 e. The number of piperazine rings is 1. The van der Waals surface area contributed by atoms with Gasteiger partial charge in [0.1, 0.15) is 5.01 Å². The number of aromatic nitrogens is 1. The summed E-state index contributed by atoms with van der Waals surface area (Å²) in [6.45, 7) is 3.48. The predicted molar refractivity (Wildman–Crippen MR) is 81.3 cm³/mol. The average molecular weight is 311 g/mol. The van der Waals surface area contributed by atoms with Crippen molar-refractivity contribution < 1.29 is 8.42 Å². The van der Waals surface area contributed by atoms with Crippen molar-refractivity contribution in [3.63, 3.8) is 0 Å². The second-order valence-electron chi connectivity index (χ2n) is 5.01. The molecule has 7 heteroatoms. The normalized spacial score (nSPS) is 18.6. The molecule has 1 fully saturated rings. The summed E-state index contributed by atoms with van der Waals surface area (Å²) < 4.78 is 25.7. The predicted octanol–water partition coefficient (Wildman–Crippen LogP) is 1.37. The Morgan fingerprint density at radius 2 is 1.90 bits per heavy atom. The molecule has 0 N–H and O–H groups in total. The van der Waals surface area contributed by atoms with Gasteiger partial charge in [0.25, 0.3) is 0 Å². The molecule has 5 nitrogen and oxygen atoms in total. The second kappa shape index (κ2) is 5.40. The van der Waals surface area contributed by atoms with Crippen LogP contribution in [0.3, 0.4) is 0 Å². The fraction of sp³-hybridized carbons (Fsp3) is 0.462. The van der Waals surface area contributed by atoms with Gasteiger partial charge in [-0.15, -0.1) is 11.3 Å². The van der Waals surface area contributed by atoms with Gasteiger partial charge in [0, 0.05) is 26.2 Å². The van der Waals surface area contributed by atoms with E-state index in [2.05, 4.69) is 16.0 Å². The number of sulfonamides is 1. The first-order valence-electron chi connectivity index (χ1n) is 6.54. The second-order valence-corrected chi connectivity index (χ2v) is 8.11. The summed E-state index contributed by atoms with van der Waals surface area (Å²) in [5, 5.41) is 1.10. The van der Waals surface area contributed by atoms with E-state index in [1.54, 1.807) is 15.6 Å². The highest BCUT2D eigenvalue weighted by Gasteiger charge is 2.23. The van der Waals surface area contributed by atoms with Crippen LogP contribution in [-0.2, 0) is 16.6 Å². The quantitative estimate of drug-likeness (QED) is 0.859. The largest absolute Gasteiger partial charge is 0.294 e. The molecule has 0 amide bonds. The molecule has 0 bridgehead atoms. The van der Waals surface area contributed by atoms with Gasteiger partial charge < -0.3 is 0 Å². The van der Waals surface area contributed by atoms with Crippen molar-refractivity contribution in [1.29, 1.82) is 0 Å². The number of hydrogen-bond acceptors (Lipinski definition) is 5. The van der Waals surface area contributed by atoms with Gasteiger partial charge in [0.2, 0.25) is 10.0 Å². The lowest BCUT2D eigenvalue weighted by Gasteiger charge is -2.32. The lowest BCUT2D eigenvalue weighted by molar-refractivity contribution is 0.182. The molecular weight excluding hydrogens is 294 g/mol. The van der Waals surface area contributed by atoms with Crippen molar-refractivity contribution in [2.45, 2.75) is 6.54 Å². The minimum absolute atomic E-state index is 0.573. The lowest BCUT2D eigenvalue weighted by Crippen LogP contribution is -2.47. The summed E-state index contributed by atoms with van der Waals surface area (Å²) in [4.78, 5) is 6.88. The molecule has 108 valence electrons. The van der Waals surface area contributed by atoms with Crippen molar-refractivity contribution >= 4 is 31.6 Å². The topological polar surface area (TPSA) is 53.5 Å². The van der Waals surface area contributed by atoms with Gasteiger partial charge in [0.15, 0.2) is 0 Å². The molecule has 0 atom stereocenters. The van der Waals surface area contributed by atoms with E-state index in [9.17, 15) is 8.42 Å². The highest BCUT2D eigenvalue weighted by Crippen LogP contribution is 2.23. The molecular formula is C13H17N3O2S2. The van der Waals surface area contributed by atoms with Crippen LogP contribution in [0.1, 0.15) is 5.01 Å². The van der Waals surface area contributed by atoms with E-state index in [4.69, 9.17) is 0 Å². The minimum atomic E-state index is -3.05. The number of nitrogens with zero attached hydrogens (tertiary/aromatic N) is 3. The Kier molecular flexibility index (Phi) is 3.76. The molecule has 3 rings (SSSR count). The highest BCUT2D eigenvalue weighted by atomic mass is 32.2. The Morgan fingerprint density at radius 1 is 1.20 bits per heavy atom. The number of thiazole rings is 1. The number of fused-ring (bicyclic) bond motifs is 1. The Balaban J connectivity index is 1.65. The van der Waals surface area contributed by atoms with Crippen LogP contribution in [0.4, 0.5) is 0 Å². The van der Waals surface area contributed by atoms with E-state index < -0.39 is 10.0 Å². The molecule has 1 saturated heterocycles. The Bertz CT molecular complexity index is 670. The van der Waals surface area contributed by atoms with Gasteiger partial charge >= 0.3 is 0 Å². The SMILES string of the molecule is CS(=O)(=O)N1CCN(Cc2nc3ccccc3s2)CC1. The molecule has 1 aliphatic rings. The van der Waals surface area contributed by atoms with Gasteiger partial charge in [0.05, 0.1) is 23.0 Å². The maximum atomic E-state index is 11.5. The maximum Gasteiger partial charge on any atom is 0.211 e. The van der Waals surface area contributed by atoms with Crippen LogP contribution >= 0.6 is 11.3 Å². The van der Waals surface area contributed by atoms with E-state index in [-0.39, 0.29) is 0 Å². The van der Waals surface area contributed by atoms with Gasteiger partial charge in [-0.05, 0) is 12.1 Å². The summed E-state index contributed by atoms with van der Waals surface area (Å²) in [5.41, 5.74) is 1.04. The van der Waals surface area contributed by atoms with Crippen molar-refractivity contribution in [3.8, 4) is 0 Å². The first kappa shape index (κ1) is 13.9. The third-order valence-corrected chi connectivity index (χ3v) is 5.82. The zero-order valence-corrected chi connectivity index (χ0v) is 13.0. The summed E-state index contributed by atoms with van der Waals surface area (Å²) in [6, 6.07) is 8.13. The Hall–Kier alpha value is -1.02. The molecule has 2 aromatic rings. The van der Waals surface area contributed by atoms with Crippen LogP contribution in [-0.4, -0.2) is 55.0 Å². The summed E-state index contributed by atoms with van der Waals surface area (Å²) in [5.74, 6) is 0. The molecule has 20 heavy (non-hydrogen) atoms. The van der Waals surface area contributed by atoms with Gasteiger partial charge in [-0.25, -0.2) is 13.4 Å². The van der Waals surface area contributed by atoms with E-state index >= 15 is 0 Å². The van der Waals surface area contributed by atoms with Crippen LogP contribution in [0.15, 0.2) is 24.3 Å². The molecule has 0 aliphatic carbocycles. The fourth-order valence-corrected chi connectivity index (χ4v) is 4.23. The van der Waals surface area contributed by atoms with Crippen LogP contribution in [0, 0.1) is 0 Å². The molecule has 0 radical (unpaired) electrons. The number of rotatable bonds is 3. The van der Waals surface area contributed by atoms with Crippen LogP contribution in [0.2, 0.25) is 0 Å². The van der Waals surface area contributed by atoms with Crippen LogP contribution in [0.5, 0.6) is 0 Å². The molecule has 0 unspecified atom stereocenters. The summed E-state index contributed by atoms with van der Waals surface area (Å²) >= 11 is 1.71. The van der Waals surface area contributed by atoms with Crippen molar-refractivity contribution in [2.24, 2.45) is 0 Å². The average Bonchev–Trinajstić information content (AvgIpc) is 2.80. The highest BCUT2D eigenvalue weighted by molar-refractivity contribution is 7.88. The van der Waals surface area contributed by atoms with Crippen molar-refractivity contribution in [2.75, 3.05) is 32.4 Å². The van der Waals surface area contributed by atoms with E-state index in [1.807, 2.05) is 18.2 Å². The van der Waals surface area contributed by atoms with E-state index in [0.29, 0.717) is 13.1 Å². The molecule has 2 heterocycles. The zero-order chi connectivity index (χ0) is 14.2. The minimum Gasteiger partial charge on any atom is -0.294 e. The van der Waals surface area contributed by atoms with Gasteiger partial charge in [-0.1, -0.05) is 12.1 Å². The lowest BCUT2D eigenvalue weighted by atomic mass is 10.3. The third-order valence-electron chi connectivity index (χ3n) is 3.50. The number of benzene rings is 1. The van der Waals surface area contributed by atoms with E-state index in [0.717, 1.165) is 30.2 Å². The summed E-state index contributed by atoms with van der Waals surface area (Å²) in [6.07, 6.45) is 1.27. The van der Waals surface area contributed by atoms with Crippen LogP contribution < -0.4 is 0 Å². The standard InChI is InChI=1S/C13H17N3O2S2/c1-20(17,18)16-8-6-15(7-9-16)10-13-14-11-4-2-3-5-12(11)19-13/h2-5H,6-10H2,1H3. The Morgan fingerprint density at radius 3 is 2.55 bits per heavy atom. The van der Waals surface area contributed by atoms with Crippen molar-refractivity contribution in [1.82, 2.24) is 14.2 Å². The first-order chi connectivity index (χ1) is 9.52. The molecule has 1 aromatic heterocycles. The maximum absolute atomic E-state index is 11.5. The summed E-state index contributed by atoms with van der Waals surface area (Å²) in [7, 11) is -3.05. The first-order valence-corrected chi connectivity index (χ1v) is 9.21. The fourth-order valence-electron chi connectivity index (χ4n) is 2.40. The van der Waals surface area contributed by atoms with Crippen LogP contribution in [0.25, 0.3) is 10.2 Å². The van der Waals surface area contributed by atoms with E-state index in [1.165, 1.54) is 11.0 Å². The molecule has 0 spiro atoms. The third kappa shape index (κ3) is 3.01. The molecule has 1 aromatic carbocycles. The zero-order valence-electron chi connectivity index (χ0n) is 11.3. The molecule has 1 aliphatic heterocycles. The number of para-hydroxylation sites is 1. The molecule has 0 saturated carbocycles. The van der Waals surface area contributed by atoms with Gasteiger partial charge in [-0.3, -0.25) is 4.90 Å².